The second kappa shape index (κ2) is 4.25. The van der Waals surface area contributed by atoms with Gasteiger partial charge in [-0.25, -0.2) is 0 Å². The molecule has 0 saturated carbocycles. The summed E-state index contributed by atoms with van der Waals surface area (Å²) in [5.41, 5.74) is 3.89. The fourth-order valence-electron chi connectivity index (χ4n) is 2.94. The van der Waals surface area contributed by atoms with Crippen LogP contribution in [0.5, 0.6) is 0 Å². The first-order valence-corrected chi connectivity index (χ1v) is 6.64. The lowest BCUT2D eigenvalue weighted by molar-refractivity contribution is 0.0829. The predicted molar refractivity (Wildman–Crippen MR) is 73.6 cm³/mol. The van der Waals surface area contributed by atoms with Crippen LogP contribution in [0.1, 0.15) is 35.6 Å². The zero-order chi connectivity index (χ0) is 12.6. The van der Waals surface area contributed by atoms with Gasteiger partial charge in [-0.05, 0) is 41.5 Å². The largest absolute Gasteiger partial charge is 0.380 e. The molecule has 2 aromatic carbocycles. The van der Waals surface area contributed by atoms with Gasteiger partial charge in [-0.1, -0.05) is 55.5 Å². The second-order valence-corrected chi connectivity index (χ2v) is 5.07. The second-order valence-electron chi connectivity index (χ2n) is 5.07. The number of fused-ring (bicyclic) bond motifs is 1. The standard InChI is InChI=1S/C17H18O/c1-2-13-6-5-8-15(12-13)17(18)11-10-14-7-3-4-9-16(14)17/h3-9,12,18H,2,10-11H2,1H3. The number of benzene rings is 2. The molecule has 18 heavy (non-hydrogen) atoms. The molecule has 1 aliphatic carbocycles. The zero-order valence-electron chi connectivity index (χ0n) is 10.7. The van der Waals surface area contributed by atoms with Crippen LogP contribution >= 0.6 is 0 Å². The first-order valence-electron chi connectivity index (χ1n) is 6.64. The van der Waals surface area contributed by atoms with Crippen molar-refractivity contribution in [3.8, 4) is 0 Å². The van der Waals surface area contributed by atoms with E-state index in [1.54, 1.807) is 0 Å². The van der Waals surface area contributed by atoms with Gasteiger partial charge in [-0.15, -0.1) is 0 Å². The SMILES string of the molecule is CCc1cccc(C2(O)CCc3ccccc32)c1. The summed E-state index contributed by atoms with van der Waals surface area (Å²) in [5, 5.41) is 11.0. The Kier molecular flexibility index (Phi) is 2.71. The van der Waals surface area contributed by atoms with E-state index in [0.29, 0.717) is 0 Å². The third kappa shape index (κ3) is 1.67. The van der Waals surface area contributed by atoms with Gasteiger partial charge in [0.05, 0.1) is 0 Å². The summed E-state index contributed by atoms with van der Waals surface area (Å²) >= 11 is 0. The molecule has 1 nitrogen and oxygen atoms in total. The van der Waals surface area contributed by atoms with Crippen LogP contribution < -0.4 is 0 Å². The van der Waals surface area contributed by atoms with Crippen LogP contribution in [0.25, 0.3) is 0 Å². The molecule has 2 aromatic rings. The summed E-state index contributed by atoms with van der Waals surface area (Å²) in [6, 6.07) is 16.6. The van der Waals surface area contributed by atoms with Gasteiger partial charge in [0.15, 0.2) is 0 Å². The van der Waals surface area contributed by atoms with Crippen molar-refractivity contribution >= 4 is 0 Å². The maximum atomic E-state index is 11.0. The lowest BCUT2D eigenvalue weighted by Crippen LogP contribution is -2.23. The van der Waals surface area contributed by atoms with Crippen molar-refractivity contribution in [1.82, 2.24) is 0 Å². The maximum Gasteiger partial charge on any atom is 0.115 e. The molecule has 0 heterocycles. The molecule has 1 aliphatic rings. The molecular weight excluding hydrogens is 220 g/mol. The van der Waals surface area contributed by atoms with Crippen LogP contribution in [-0.4, -0.2) is 5.11 Å². The van der Waals surface area contributed by atoms with Crippen LogP contribution in [0, 0.1) is 0 Å². The van der Waals surface area contributed by atoms with Gasteiger partial charge in [-0.2, -0.15) is 0 Å². The molecule has 1 heteroatoms. The Morgan fingerprint density at radius 1 is 1.11 bits per heavy atom. The molecule has 1 N–H and O–H groups in total. The Morgan fingerprint density at radius 2 is 1.94 bits per heavy atom. The van der Waals surface area contributed by atoms with Crippen molar-refractivity contribution in [3.63, 3.8) is 0 Å². The van der Waals surface area contributed by atoms with Crippen molar-refractivity contribution in [3.05, 3.63) is 70.8 Å². The molecule has 3 rings (SSSR count). The highest BCUT2D eigenvalue weighted by molar-refractivity contribution is 5.45. The highest BCUT2D eigenvalue weighted by Crippen LogP contribution is 2.41. The summed E-state index contributed by atoms with van der Waals surface area (Å²) in [6.07, 6.45) is 2.76. The minimum Gasteiger partial charge on any atom is -0.380 e. The first-order chi connectivity index (χ1) is 8.74. The van der Waals surface area contributed by atoms with Gasteiger partial charge >= 0.3 is 0 Å². The monoisotopic (exact) mass is 238 g/mol. The summed E-state index contributed by atoms with van der Waals surface area (Å²) in [7, 11) is 0. The number of hydrogen-bond donors (Lipinski definition) is 1. The lowest BCUT2D eigenvalue weighted by atomic mass is 9.87. The van der Waals surface area contributed by atoms with E-state index in [4.69, 9.17) is 0 Å². The van der Waals surface area contributed by atoms with Gasteiger partial charge in [-0.3, -0.25) is 0 Å². The van der Waals surface area contributed by atoms with Crippen LogP contribution in [0.2, 0.25) is 0 Å². The normalized spacial score (nSPS) is 21.9. The lowest BCUT2D eigenvalue weighted by Gasteiger charge is -2.25. The molecule has 0 fully saturated rings. The van der Waals surface area contributed by atoms with Crippen molar-refractivity contribution in [2.75, 3.05) is 0 Å². The third-order valence-electron chi connectivity index (χ3n) is 4.03. The molecule has 0 spiro atoms. The minimum absolute atomic E-state index is 0.790. The zero-order valence-corrected chi connectivity index (χ0v) is 10.7. The molecule has 92 valence electrons. The molecule has 0 amide bonds. The van der Waals surface area contributed by atoms with E-state index < -0.39 is 5.60 Å². The van der Waals surface area contributed by atoms with Gasteiger partial charge in [0, 0.05) is 0 Å². The summed E-state index contributed by atoms with van der Waals surface area (Å²) in [4.78, 5) is 0. The van der Waals surface area contributed by atoms with Crippen molar-refractivity contribution < 1.29 is 5.11 Å². The maximum absolute atomic E-state index is 11.0. The van der Waals surface area contributed by atoms with Crippen LogP contribution in [0.4, 0.5) is 0 Å². The molecule has 0 aromatic heterocycles. The van der Waals surface area contributed by atoms with Crippen molar-refractivity contribution in [2.45, 2.75) is 31.8 Å². The molecular formula is C17H18O. The molecule has 0 radical (unpaired) electrons. The number of aliphatic hydroxyl groups is 1. The Morgan fingerprint density at radius 3 is 2.78 bits per heavy atom. The Bertz CT molecular complexity index is 573. The van der Waals surface area contributed by atoms with E-state index in [2.05, 4.69) is 31.2 Å². The van der Waals surface area contributed by atoms with E-state index in [-0.39, 0.29) is 0 Å². The molecule has 1 atom stereocenters. The molecule has 0 bridgehead atoms. The fraction of sp³-hybridized carbons (Fsp3) is 0.294. The number of aryl methyl sites for hydroxylation is 2. The van der Waals surface area contributed by atoms with E-state index >= 15 is 0 Å². The summed E-state index contributed by atoms with van der Waals surface area (Å²) in [6.45, 7) is 2.14. The van der Waals surface area contributed by atoms with Gasteiger partial charge in [0.2, 0.25) is 0 Å². The van der Waals surface area contributed by atoms with E-state index in [1.807, 2.05) is 24.3 Å². The molecule has 1 unspecified atom stereocenters. The summed E-state index contributed by atoms with van der Waals surface area (Å²) in [5.74, 6) is 0. The van der Waals surface area contributed by atoms with Gasteiger partial charge in [0.1, 0.15) is 5.60 Å². The number of rotatable bonds is 2. The Hall–Kier alpha value is -1.60. The Balaban J connectivity index is 2.11. The summed E-state index contributed by atoms with van der Waals surface area (Å²) < 4.78 is 0. The van der Waals surface area contributed by atoms with E-state index in [9.17, 15) is 5.11 Å². The number of hydrogen-bond acceptors (Lipinski definition) is 1. The minimum atomic E-state index is -0.790. The molecule has 0 saturated heterocycles. The van der Waals surface area contributed by atoms with Crippen molar-refractivity contribution in [1.29, 1.82) is 0 Å². The van der Waals surface area contributed by atoms with Gasteiger partial charge < -0.3 is 5.11 Å². The Labute approximate surface area is 108 Å². The van der Waals surface area contributed by atoms with E-state index in [1.165, 1.54) is 11.1 Å². The van der Waals surface area contributed by atoms with Crippen molar-refractivity contribution in [2.24, 2.45) is 0 Å². The van der Waals surface area contributed by atoms with Crippen LogP contribution in [-0.2, 0) is 18.4 Å². The average Bonchev–Trinajstić information content (AvgIpc) is 2.79. The molecule has 0 aliphatic heterocycles. The van der Waals surface area contributed by atoms with Crippen LogP contribution in [0.3, 0.4) is 0 Å². The predicted octanol–water partition coefficient (Wildman–Crippen LogP) is 3.43. The highest BCUT2D eigenvalue weighted by Gasteiger charge is 2.37. The topological polar surface area (TPSA) is 20.2 Å². The quantitative estimate of drug-likeness (QED) is 0.849. The van der Waals surface area contributed by atoms with Crippen LogP contribution in [0.15, 0.2) is 48.5 Å². The van der Waals surface area contributed by atoms with Gasteiger partial charge in [0.25, 0.3) is 0 Å². The average molecular weight is 238 g/mol. The third-order valence-corrected chi connectivity index (χ3v) is 4.03. The highest BCUT2D eigenvalue weighted by atomic mass is 16.3. The fourth-order valence-corrected chi connectivity index (χ4v) is 2.94. The first kappa shape index (κ1) is 11.5. The van der Waals surface area contributed by atoms with E-state index in [0.717, 1.165) is 30.4 Å². The smallest absolute Gasteiger partial charge is 0.115 e.